The summed E-state index contributed by atoms with van der Waals surface area (Å²) in [5, 5.41) is 5.60. The molecule has 0 amide bonds. The minimum atomic E-state index is 0.473. The highest BCUT2D eigenvalue weighted by molar-refractivity contribution is 9.10. The first kappa shape index (κ1) is 19.0. The molecule has 0 fully saturated rings. The summed E-state index contributed by atoms with van der Waals surface area (Å²) >= 11 is 15.8. The van der Waals surface area contributed by atoms with Crippen LogP contribution in [0.25, 0.3) is 5.69 Å². The van der Waals surface area contributed by atoms with Gasteiger partial charge in [-0.25, -0.2) is 0 Å². The highest BCUT2D eigenvalue weighted by Gasteiger charge is 2.09. The molecule has 0 spiro atoms. The zero-order chi connectivity index (χ0) is 18.7. The number of nitrogens with one attached hydrogen (secondary N) is 1. The Kier molecular flexibility index (Phi) is 6.07. The lowest BCUT2D eigenvalue weighted by molar-refractivity contribution is 0.748. The number of aromatic nitrogens is 1. The van der Waals surface area contributed by atoms with Crippen LogP contribution in [0.4, 0.5) is 0 Å². The largest absolute Gasteiger partial charge is 0.318 e. The van der Waals surface area contributed by atoms with Crippen LogP contribution in [0.5, 0.6) is 0 Å². The molecule has 0 saturated carbocycles. The number of rotatable bonds is 5. The highest BCUT2D eigenvalue weighted by Crippen LogP contribution is 2.24. The number of nitrogens with zero attached hydrogens (tertiary/aromatic N) is 2. The molecule has 0 saturated heterocycles. The van der Waals surface area contributed by atoms with E-state index in [0.717, 1.165) is 32.7 Å². The van der Waals surface area contributed by atoms with Gasteiger partial charge in [0.25, 0.3) is 0 Å². The number of benzene rings is 2. The van der Waals surface area contributed by atoms with Gasteiger partial charge in [-0.15, -0.1) is 0 Å². The van der Waals surface area contributed by atoms with E-state index in [2.05, 4.69) is 63.1 Å². The molecule has 0 aliphatic rings. The molecule has 0 aliphatic heterocycles. The number of aryl methyl sites for hydroxylation is 1. The Morgan fingerprint density at radius 2 is 1.73 bits per heavy atom. The Hall–Kier alpha value is -1.75. The van der Waals surface area contributed by atoms with Crippen molar-refractivity contribution >= 4 is 45.3 Å². The normalized spacial score (nSPS) is 11.3. The summed E-state index contributed by atoms with van der Waals surface area (Å²) < 4.78 is 3.27. The summed E-state index contributed by atoms with van der Waals surface area (Å²) in [6, 6.07) is 15.8. The highest BCUT2D eigenvalue weighted by atomic mass is 79.9. The van der Waals surface area contributed by atoms with E-state index in [4.69, 9.17) is 23.2 Å². The van der Waals surface area contributed by atoms with E-state index in [0.29, 0.717) is 16.6 Å². The molecular formula is C20H18BrCl2N3. The molecule has 0 radical (unpaired) electrons. The molecule has 0 unspecified atom stereocenters. The van der Waals surface area contributed by atoms with Crippen LogP contribution in [0, 0.1) is 13.8 Å². The van der Waals surface area contributed by atoms with E-state index in [9.17, 15) is 0 Å². The molecule has 26 heavy (non-hydrogen) atoms. The zero-order valence-electron chi connectivity index (χ0n) is 14.4. The van der Waals surface area contributed by atoms with Gasteiger partial charge in [0.15, 0.2) is 0 Å². The molecule has 1 heterocycles. The SMILES string of the molecule is Cc1cc(/C=N\NCc2c(Cl)cccc2Cl)c(C)n1-c1ccc(Br)cc1. The van der Waals surface area contributed by atoms with Crippen molar-refractivity contribution in [3.63, 3.8) is 0 Å². The molecule has 0 aliphatic carbocycles. The van der Waals surface area contributed by atoms with Crippen molar-refractivity contribution < 1.29 is 0 Å². The number of hydrogen-bond donors (Lipinski definition) is 1. The molecule has 2 aromatic carbocycles. The minimum Gasteiger partial charge on any atom is -0.318 e. The standard InChI is InChI=1S/C20H18BrCl2N3/c1-13-10-15(14(2)26(13)17-8-6-16(21)7-9-17)11-24-25-12-18-19(22)4-3-5-20(18)23/h3-11,25H,12H2,1-2H3/b24-11-. The van der Waals surface area contributed by atoms with Crippen LogP contribution in [-0.4, -0.2) is 10.8 Å². The van der Waals surface area contributed by atoms with Crippen LogP contribution in [0.3, 0.4) is 0 Å². The lowest BCUT2D eigenvalue weighted by atomic mass is 10.2. The van der Waals surface area contributed by atoms with Gasteiger partial charge in [-0.2, -0.15) is 5.10 Å². The van der Waals surface area contributed by atoms with Gasteiger partial charge >= 0.3 is 0 Å². The van der Waals surface area contributed by atoms with Gasteiger partial charge in [0, 0.05) is 42.7 Å². The third-order valence-electron chi connectivity index (χ3n) is 4.17. The van der Waals surface area contributed by atoms with Crippen LogP contribution in [-0.2, 0) is 6.54 Å². The van der Waals surface area contributed by atoms with Crippen molar-refractivity contribution in [2.75, 3.05) is 0 Å². The third kappa shape index (κ3) is 4.14. The van der Waals surface area contributed by atoms with Crippen LogP contribution in [0.1, 0.15) is 22.5 Å². The predicted octanol–water partition coefficient (Wildman–Crippen LogP) is 6.29. The van der Waals surface area contributed by atoms with Crippen molar-refractivity contribution in [3.05, 3.63) is 85.6 Å². The molecule has 0 bridgehead atoms. The lowest BCUT2D eigenvalue weighted by Crippen LogP contribution is -2.07. The fraction of sp³-hybridized carbons (Fsp3) is 0.150. The fourth-order valence-corrected chi connectivity index (χ4v) is 3.64. The van der Waals surface area contributed by atoms with Gasteiger partial charge in [0.1, 0.15) is 0 Å². The van der Waals surface area contributed by atoms with Gasteiger partial charge in [0.05, 0.1) is 12.8 Å². The van der Waals surface area contributed by atoms with Gasteiger partial charge in [-0.1, -0.05) is 45.2 Å². The molecule has 0 atom stereocenters. The molecular weight excluding hydrogens is 433 g/mol. The first-order valence-electron chi connectivity index (χ1n) is 8.11. The van der Waals surface area contributed by atoms with E-state index < -0.39 is 0 Å². The summed E-state index contributed by atoms with van der Waals surface area (Å²) in [5.74, 6) is 0. The lowest BCUT2D eigenvalue weighted by Gasteiger charge is -2.09. The van der Waals surface area contributed by atoms with Crippen LogP contribution < -0.4 is 5.43 Å². The Labute approximate surface area is 171 Å². The summed E-state index contributed by atoms with van der Waals surface area (Å²) in [6.07, 6.45) is 1.82. The van der Waals surface area contributed by atoms with Crippen molar-refractivity contribution in [1.82, 2.24) is 9.99 Å². The van der Waals surface area contributed by atoms with E-state index >= 15 is 0 Å². The third-order valence-corrected chi connectivity index (χ3v) is 5.40. The molecule has 1 aromatic heterocycles. The fourth-order valence-electron chi connectivity index (χ4n) is 2.85. The van der Waals surface area contributed by atoms with E-state index in [1.54, 1.807) is 0 Å². The first-order chi connectivity index (χ1) is 12.5. The van der Waals surface area contributed by atoms with Crippen LogP contribution >= 0.6 is 39.1 Å². The Bertz CT molecular complexity index is 926. The Morgan fingerprint density at radius 3 is 2.38 bits per heavy atom. The second-order valence-corrected chi connectivity index (χ2v) is 7.66. The smallest absolute Gasteiger partial charge is 0.0609 e. The number of halogens is 3. The van der Waals surface area contributed by atoms with E-state index in [1.165, 1.54) is 0 Å². The van der Waals surface area contributed by atoms with Gasteiger partial charge in [0.2, 0.25) is 0 Å². The maximum Gasteiger partial charge on any atom is 0.0609 e. The van der Waals surface area contributed by atoms with Crippen molar-refractivity contribution in [1.29, 1.82) is 0 Å². The molecule has 6 heteroatoms. The van der Waals surface area contributed by atoms with E-state index in [-0.39, 0.29) is 0 Å². The number of hydrazone groups is 1. The predicted molar refractivity (Wildman–Crippen MR) is 114 cm³/mol. The minimum absolute atomic E-state index is 0.473. The molecule has 134 valence electrons. The first-order valence-corrected chi connectivity index (χ1v) is 9.66. The molecule has 3 rings (SSSR count). The Balaban J connectivity index is 1.75. The zero-order valence-corrected chi connectivity index (χ0v) is 17.5. The topological polar surface area (TPSA) is 29.3 Å². The van der Waals surface area contributed by atoms with Crippen LogP contribution in [0.2, 0.25) is 10.0 Å². The summed E-state index contributed by atoms with van der Waals surface area (Å²) in [4.78, 5) is 0. The van der Waals surface area contributed by atoms with Crippen molar-refractivity contribution in [2.24, 2.45) is 5.10 Å². The molecule has 3 nitrogen and oxygen atoms in total. The monoisotopic (exact) mass is 449 g/mol. The summed E-state index contributed by atoms with van der Waals surface area (Å²) in [5.41, 5.74) is 8.33. The Morgan fingerprint density at radius 1 is 1.08 bits per heavy atom. The quantitative estimate of drug-likeness (QED) is 0.359. The molecule has 3 aromatic rings. The maximum absolute atomic E-state index is 6.17. The average Bonchev–Trinajstić information content (AvgIpc) is 2.89. The van der Waals surface area contributed by atoms with Gasteiger partial charge in [-0.05, 0) is 56.3 Å². The second kappa shape index (κ2) is 8.30. The van der Waals surface area contributed by atoms with Crippen molar-refractivity contribution in [2.45, 2.75) is 20.4 Å². The average molecular weight is 451 g/mol. The van der Waals surface area contributed by atoms with E-state index in [1.807, 2.05) is 36.5 Å². The maximum atomic E-state index is 6.17. The number of hydrogen-bond acceptors (Lipinski definition) is 2. The van der Waals surface area contributed by atoms with Gasteiger partial charge in [-0.3, -0.25) is 0 Å². The summed E-state index contributed by atoms with van der Waals surface area (Å²) in [7, 11) is 0. The molecule has 1 N–H and O–H groups in total. The van der Waals surface area contributed by atoms with Crippen LogP contribution in [0.15, 0.2) is 58.1 Å². The van der Waals surface area contributed by atoms with Crippen molar-refractivity contribution in [3.8, 4) is 5.69 Å². The van der Waals surface area contributed by atoms with Gasteiger partial charge < -0.3 is 9.99 Å². The summed E-state index contributed by atoms with van der Waals surface area (Å²) in [6.45, 7) is 4.64. The second-order valence-electron chi connectivity index (χ2n) is 5.93.